The highest BCUT2D eigenvalue weighted by atomic mass is 16.5. The first-order valence-corrected chi connectivity index (χ1v) is 7.57. The van der Waals surface area contributed by atoms with E-state index in [0.29, 0.717) is 36.2 Å². The van der Waals surface area contributed by atoms with E-state index in [4.69, 9.17) is 9.47 Å². The Kier molecular flexibility index (Phi) is 6.13. The lowest BCUT2D eigenvalue weighted by Crippen LogP contribution is -2.29. The number of hydrogen-bond acceptors (Lipinski definition) is 5. The van der Waals surface area contributed by atoms with Gasteiger partial charge in [0.2, 0.25) is 0 Å². The number of amides is 2. The fourth-order valence-electron chi connectivity index (χ4n) is 1.93. The molecule has 1 aromatic carbocycles. The Morgan fingerprint density at radius 2 is 1.67 bits per heavy atom. The van der Waals surface area contributed by atoms with Crippen LogP contribution in [-0.2, 0) is 9.59 Å². The molecule has 0 atom stereocenters. The summed E-state index contributed by atoms with van der Waals surface area (Å²) in [5, 5.41) is 4.93. The van der Waals surface area contributed by atoms with Crippen molar-refractivity contribution in [2.45, 2.75) is 13.8 Å². The smallest absolute Gasteiger partial charge is 0.315 e. The van der Waals surface area contributed by atoms with Gasteiger partial charge in [-0.05, 0) is 38.1 Å². The molecule has 24 heavy (non-hydrogen) atoms. The van der Waals surface area contributed by atoms with Gasteiger partial charge in [-0.15, -0.1) is 0 Å². The summed E-state index contributed by atoms with van der Waals surface area (Å²) in [5.41, 5.74) is 0.433. The van der Waals surface area contributed by atoms with Crippen LogP contribution in [0.15, 0.2) is 42.6 Å². The zero-order valence-corrected chi connectivity index (χ0v) is 13.5. The molecule has 2 rings (SSSR count). The molecule has 7 nitrogen and oxygen atoms in total. The topological polar surface area (TPSA) is 89.5 Å². The van der Waals surface area contributed by atoms with E-state index < -0.39 is 11.8 Å². The number of rotatable bonds is 6. The molecular weight excluding hydrogens is 310 g/mol. The van der Waals surface area contributed by atoms with Gasteiger partial charge in [0.15, 0.2) is 11.5 Å². The Hall–Kier alpha value is -3.09. The Morgan fingerprint density at radius 3 is 2.33 bits per heavy atom. The Bertz CT molecular complexity index is 704. The van der Waals surface area contributed by atoms with Gasteiger partial charge in [0.25, 0.3) is 0 Å². The average molecular weight is 329 g/mol. The molecule has 0 unspecified atom stereocenters. The van der Waals surface area contributed by atoms with E-state index in [9.17, 15) is 9.59 Å². The highest BCUT2D eigenvalue weighted by Gasteiger charge is 2.15. The molecule has 2 aromatic rings. The third kappa shape index (κ3) is 4.70. The van der Waals surface area contributed by atoms with Crippen molar-refractivity contribution in [3.8, 4) is 11.5 Å². The van der Waals surface area contributed by atoms with Gasteiger partial charge in [0, 0.05) is 18.0 Å². The van der Waals surface area contributed by atoms with Crippen molar-refractivity contribution in [2.24, 2.45) is 0 Å². The zero-order chi connectivity index (χ0) is 17.4. The predicted molar refractivity (Wildman–Crippen MR) is 90.3 cm³/mol. The van der Waals surface area contributed by atoms with Gasteiger partial charge in [-0.2, -0.15) is 0 Å². The molecule has 1 heterocycles. The highest BCUT2D eigenvalue weighted by Crippen LogP contribution is 2.30. The molecule has 0 fully saturated rings. The van der Waals surface area contributed by atoms with E-state index in [1.807, 2.05) is 13.8 Å². The maximum absolute atomic E-state index is 12.0. The molecule has 0 aliphatic carbocycles. The van der Waals surface area contributed by atoms with E-state index in [-0.39, 0.29) is 0 Å². The number of aromatic nitrogens is 1. The van der Waals surface area contributed by atoms with E-state index in [1.54, 1.807) is 36.4 Å². The van der Waals surface area contributed by atoms with Gasteiger partial charge in [-0.25, -0.2) is 4.98 Å². The second-order valence-electron chi connectivity index (χ2n) is 4.65. The van der Waals surface area contributed by atoms with Crippen LogP contribution in [0.5, 0.6) is 11.5 Å². The highest BCUT2D eigenvalue weighted by molar-refractivity contribution is 6.43. The van der Waals surface area contributed by atoms with Gasteiger partial charge in [-0.3, -0.25) is 9.59 Å². The molecule has 0 bridgehead atoms. The lowest BCUT2D eigenvalue weighted by Gasteiger charge is -2.13. The number of hydrogen-bond donors (Lipinski definition) is 2. The van der Waals surface area contributed by atoms with Crippen molar-refractivity contribution in [3.63, 3.8) is 0 Å². The van der Waals surface area contributed by atoms with Gasteiger partial charge >= 0.3 is 11.8 Å². The summed E-state index contributed by atoms with van der Waals surface area (Å²) in [5.74, 6) is -0.218. The maximum atomic E-state index is 12.0. The number of ether oxygens (including phenoxy) is 2. The minimum atomic E-state index is -0.805. The summed E-state index contributed by atoms with van der Waals surface area (Å²) in [6, 6.07) is 9.95. The summed E-state index contributed by atoms with van der Waals surface area (Å²) in [6.07, 6.45) is 1.52. The van der Waals surface area contributed by atoms with Crippen LogP contribution in [0.1, 0.15) is 13.8 Å². The second kappa shape index (κ2) is 8.52. The maximum Gasteiger partial charge on any atom is 0.315 e. The van der Waals surface area contributed by atoms with Gasteiger partial charge in [0.1, 0.15) is 5.82 Å². The lowest BCUT2D eigenvalue weighted by molar-refractivity contribution is -0.133. The van der Waals surface area contributed by atoms with Crippen molar-refractivity contribution >= 4 is 23.3 Å². The van der Waals surface area contributed by atoms with Crippen LogP contribution in [0, 0.1) is 0 Å². The number of carbonyl (C=O) groups excluding carboxylic acids is 2. The van der Waals surface area contributed by atoms with Crippen LogP contribution < -0.4 is 20.1 Å². The quantitative estimate of drug-likeness (QED) is 0.795. The molecule has 0 aliphatic rings. The normalized spacial score (nSPS) is 9.92. The first-order chi connectivity index (χ1) is 11.6. The lowest BCUT2D eigenvalue weighted by atomic mass is 10.2. The zero-order valence-electron chi connectivity index (χ0n) is 13.5. The summed E-state index contributed by atoms with van der Waals surface area (Å²) in [7, 11) is 0. The van der Waals surface area contributed by atoms with Crippen LogP contribution in [0.3, 0.4) is 0 Å². The molecule has 2 amide bonds. The standard InChI is InChI=1S/C17H19N3O4/c1-3-23-13-9-8-12(11-14(13)24-4-2)19-16(21)17(22)20-15-7-5-6-10-18-15/h5-11H,3-4H2,1-2H3,(H,19,21)(H,18,20,22). The molecule has 0 aliphatic heterocycles. The summed E-state index contributed by atoms with van der Waals surface area (Å²) < 4.78 is 10.9. The van der Waals surface area contributed by atoms with Crippen molar-refractivity contribution in [1.82, 2.24) is 4.98 Å². The SMILES string of the molecule is CCOc1ccc(NC(=O)C(=O)Nc2ccccn2)cc1OCC. The van der Waals surface area contributed by atoms with Crippen LogP contribution in [0.25, 0.3) is 0 Å². The second-order valence-corrected chi connectivity index (χ2v) is 4.65. The van der Waals surface area contributed by atoms with Crippen LogP contribution in [-0.4, -0.2) is 30.0 Å². The number of benzene rings is 1. The van der Waals surface area contributed by atoms with E-state index >= 15 is 0 Å². The van der Waals surface area contributed by atoms with Gasteiger partial charge in [-0.1, -0.05) is 6.07 Å². The van der Waals surface area contributed by atoms with Crippen LogP contribution >= 0.6 is 0 Å². The molecule has 0 radical (unpaired) electrons. The molecule has 2 N–H and O–H groups in total. The summed E-state index contributed by atoms with van der Waals surface area (Å²) in [4.78, 5) is 27.8. The summed E-state index contributed by atoms with van der Waals surface area (Å²) >= 11 is 0. The predicted octanol–water partition coefficient (Wildman–Crippen LogP) is 2.46. The third-order valence-electron chi connectivity index (χ3n) is 2.91. The van der Waals surface area contributed by atoms with Crippen molar-refractivity contribution < 1.29 is 19.1 Å². The number of carbonyl (C=O) groups is 2. The number of pyridine rings is 1. The van der Waals surface area contributed by atoms with Crippen molar-refractivity contribution in [1.29, 1.82) is 0 Å². The molecule has 0 saturated heterocycles. The first kappa shape index (κ1) is 17.3. The van der Waals surface area contributed by atoms with E-state index in [0.717, 1.165) is 0 Å². The number of nitrogens with zero attached hydrogens (tertiary/aromatic N) is 1. The molecule has 1 aromatic heterocycles. The minimum absolute atomic E-state index is 0.305. The van der Waals surface area contributed by atoms with Crippen LogP contribution in [0.4, 0.5) is 11.5 Å². The largest absolute Gasteiger partial charge is 0.490 e. The molecule has 0 spiro atoms. The third-order valence-corrected chi connectivity index (χ3v) is 2.91. The first-order valence-electron chi connectivity index (χ1n) is 7.57. The minimum Gasteiger partial charge on any atom is -0.490 e. The molecule has 126 valence electrons. The number of anilines is 2. The van der Waals surface area contributed by atoms with Crippen LogP contribution in [0.2, 0.25) is 0 Å². The summed E-state index contributed by atoms with van der Waals surface area (Å²) in [6.45, 7) is 4.67. The van der Waals surface area contributed by atoms with Gasteiger partial charge < -0.3 is 20.1 Å². The Balaban J connectivity index is 2.05. The van der Waals surface area contributed by atoms with Crippen molar-refractivity contribution in [2.75, 3.05) is 23.8 Å². The fourth-order valence-corrected chi connectivity index (χ4v) is 1.93. The molecular formula is C17H19N3O4. The Morgan fingerprint density at radius 1 is 0.958 bits per heavy atom. The monoisotopic (exact) mass is 329 g/mol. The van der Waals surface area contributed by atoms with E-state index in [1.165, 1.54) is 6.20 Å². The average Bonchev–Trinajstić information content (AvgIpc) is 2.58. The molecule has 7 heteroatoms. The molecule has 0 saturated carbocycles. The van der Waals surface area contributed by atoms with E-state index in [2.05, 4.69) is 15.6 Å². The Labute approximate surface area is 140 Å². The fraction of sp³-hybridized carbons (Fsp3) is 0.235. The number of nitrogens with one attached hydrogen (secondary N) is 2. The van der Waals surface area contributed by atoms with Gasteiger partial charge in [0.05, 0.1) is 13.2 Å². The van der Waals surface area contributed by atoms with Crippen molar-refractivity contribution in [3.05, 3.63) is 42.6 Å².